The highest BCUT2D eigenvalue weighted by atomic mass is 16.6. The zero-order valence-corrected chi connectivity index (χ0v) is 23.5. The second-order valence-corrected chi connectivity index (χ2v) is 10.3. The summed E-state index contributed by atoms with van der Waals surface area (Å²) in [5.41, 5.74) is 1.69. The second kappa shape index (κ2) is 12.7. The minimum atomic E-state index is -0.549. The summed E-state index contributed by atoms with van der Waals surface area (Å²) in [6.45, 7) is 11.6. The molecule has 2 unspecified atom stereocenters. The third-order valence-electron chi connectivity index (χ3n) is 6.25. The number of anilines is 1. The van der Waals surface area contributed by atoms with Crippen LogP contribution >= 0.6 is 0 Å². The first-order valence-electron chi connectivity index (χ1n) is 12.8. The van der Waals surface area contributed by atoms with Gasteiger partial charge in [-0.25, -0.2) is 14.8 Å². The zero-order valence-electron chi connectivity index (χ0n) is 23.5. The quantitative estimate of drug-likeness (QED) is 0.305. The van der Waals surface area contributed by atoms with Gasteiger partial charge in [0, 0.05) is 35.3 Å². The zero-order chi connectivity index (χ0) is 27.9. The molecule has 38 heavy (non-hydrogen) atoms. The molecule has 1 aliphatic carbocycles. The topological polar surface area (TPSA) is 104 Å². The van der Waals surface area contributed by atoms with Crippen molar-refractivity contribution < 1.29 is 23.7 Å². The van der Waals surface area contributed by atoms with Crippen molar-refractivity contribution in [2.75, 3.05) is 26.6 Å². The Hall–Kier alpha value is -3.75. The Labute approximate surface area is 225 Å². The second-order valence-electron chi connectivity index (χ2n) is 10.3. The molecular formula is C29H40N4O5. The van der Waals surface area contributed by atoms with Crippen molar-refractivity contribution in [3.63, 3.8) is 0 Å². The summed E-state index contributed by atoms with van der Waals surface area (Å²) in [6, 6.07) is 3.74. The number of fused-ring (bicyclic) bond motifs is 1. The van der Waals surface area contributed by atoms with Crippen LogP contribution in [0.15, 0.2) is 48.6 Å². The molecule has 1 amide bonds. The molecule has 0 radical (unpaired) electrons. The number of methoxy groups -OCH3 is 3. The van der Waals surface area contributed by atoms with Gasteiger partial charge >= 0.3 is 6.09 Å². The highest BCUT2D eigenvalue weighted by Crippen LogP contribution is 2.32. The number of aromatic nitrogens is 2. The number of amides is 1. The van der Waals surface area contributed by atoms with Crippen molar-refractivity contribution in [3.05, 3.63) is 54.1 Å². The third-order valence-corrected chi connectivity index (χ3v) is 6.25. The van der Waals surface area contributed by atoms with Crippen molar-refractivity contribution in [1.82, 2.24) is 15.3 Å². The number of benzene rings is 1. The number of ether oxygens (including phenoxy) is 4. The van der Waals surface area contributed by atoms with Gasteiger partial charge < -0.3 is 29.6 Å². The van der Waals surface area contributed by atoms with Gasteiger partial charge in [-0.1, -0.05) is 19.4 Å². The maximum Gasteiger partial charge on any atom is 0.407 e. The molecule has 1 saturated carbocycles. The van der Waals surface area contributed by atoms with E-state index in [0.29, 0.717) is 28.8 Å². The standard InChI is InChI=1S/C29H40N4O5/c1-18(13-21(36-7)14-19(2)35-6)22-15-20-17-30-27(32-25(20)16-26(22)37-8)31-23-11-9-10-12-24(23)33-28(34)38-29(3,4)5/h13-17,23-24H,1,9-12H2,2-8H3,(H,33,34)(H,30,31,32)/b19-14+,21-13+. The molecule has 3 rings (SSSR count). The fourth-order valence-electron chi connectivity index (χ4n) is 4.32. The Bertz CT molecular complexity index is 1220. The van der Waals surface area contributed by atoms with Crippen molar-refractivity contribution in [1.29, 1.82) is 0 Å². The summed E-state index contributed by atoms with van der Waals surface area (Å²) in [7, 11) is 4.82. The molecule has 2 atom stereocenters. The van der Waals surface area contributed by atoms with Gasteiger partial charge in [-0.3, -0.25) is 0 Å². The van der Waals surface area contributed by atoms with Crippen LogP contribution in [0, 0.1) is 0 Å². The summed E-state index contributed by atoms with van der Waals surface area (Å²) in [4.78, 5) is 21.7. The van der Waals surface area contributed by atoms with E-state index in [2.05, 4.69) is 22.2 Å². The summed E-state index contributed by atoms with van der Waals surface area (Å²) in [5.74, 6) is 2.45. The number of carbonyl (C=O) groups excluding carboxylic acids is 1. The Morgan fingerprint density at radius 1 is 1.08 bits per heavy atom. The predicted molar refractivity (Wildman–Crippen MR) is 150 cm³/mol. The molecule has 1 aliphatic rings. The summed E-state index contributed by atoms with van der Waals surface area (Å²) >= 11 is 0. The van der Waals surface area contributed by atoms with Gasteiger partial charge in [-0.2, -0.15) is 0 Å². The monoisotopic (exact) mass is 524 g/mol. The van der Waals surface area contributed by atoms with Gasteiger partial charge in [-0.05, 0) is 58.3 Å². The lowest BCUT2D eigenvalue weighted by Crippen LogP contribution is -2.50. The molecule has 1 heterocycles. The largest absolute Gasteiger partial charge is 0.501 e. The van der Waals surface area contributed by atoms with E-state index in [0.717, 1.165) is 42.1 Å². The Balaban J connectivity index is 1.83. The molecule has 0 spiro atoms. The summed E-state index contributed by atoms with van der Waals surface area (Å²) in [6.07, 6.45) is 8.84. The Kier molecular flexibility index (Phi) is 9.61. The highest BCUT2D eigenvalue weighted by molar-refractivity contribution is 5.88. The fourth-order valence-corrected chi connectivity index (χ4v) is 4.32. The Morgan fingerprint density at radius 3 is 2.42 bits per heavy atom. The molecule has 0 aliphatic heterocycles. The van der Waals surface area contributed by atoms with E-state index < -0.39 is 11.7 Å². The van der Waals surface area contributed by atoms with E-state index in [-0.39, 0.29) is 12.1 Å². The van der Waals surface area contributed by atoms with Crippen molar-refractivity contribution in [2.45, 2.75) is 71.1 Å². The van der Waals surface area contributed by atoms with E-state index in [1.807, 2.05) is 45.9 Å². The number of hydrogen-bond acceptors (Lipinski definition) is 8. The minimum Gasteiger partial charge on any atom is -0.501 e. The maximum atomic E-state index is 12.4. The van der Waals surface area contributed by atoms with Gasteiger partial charge in [0.1, 0.15) is 17.1 Å². The lowest BCUT2D eigenvalue weighted by Gasteiger charge is -2.33. The predicted octanol–water partition coefficient (Wildman–Crippen LogP) is 5.98. The Morgan fingerprint density at radius 2 is 1.79 bits per heavy atom. The van der Waals surface area contributed by atoms with Gasteiger partial charge in [-0.15, -0.1) is 0 Å². The van der Waals surface area contributed by atoms with Crippen LogP contribution in [0.1, 0.15) is 58.9 Å². The van der Waals surface area contributed by atoms with Crippen LogP contribution in [-0.4, -0.2) is 55.1 Å². The number of alkyl carbamates (subject to hydrolysis) is 1. The first-order valence-corrected chi connectivity index (χ1v) is 12.8. The highest BCUT2D eigenvalue weighted by Gasteiger charge is 2.29. The SMILES string of the molecule is C=C(/C=C(\C=C(/C)OC)OC)c1cc2cnc(NC3CCCCC3NC(=O)OC(C)(C)C)nc2cc1OC. The molecule has 2 N–H and O–H groups in total. The normalized spacial score (nSPS) is 18.5. The smallest absolute Gasteiger partial charge is 0.407 e. The minimum absolute atomic E-state index is 0.00382. The van der Waals surface area contributed by atoms with Gasteiger partial charge in [0.2, 0.25) is 5.95 Å². The number of nitrogens with one attached hydrogen (secondary N) is 2. The molecule has 1 aromatic carbocycles. The number of nitrogens with zero attached hydrogens (tertiary/aromatic N) is 2. The molecule has 0 bridgehead atoms. The van der Waals surface area contributed by atoms with Crippen LogP contribution in [-0.2, 0) is 14.2 Å². The van der Waals surface area contributed by atoms with Gasteiger partial charge in [0.15, 0.2) is 0 Å². The van der Waals surface area contributed by atoms with Crippen LogP contribution in [0.5, 0.6) is 5.75 Å². The van der Waals surface area contributed by atoms with E-state index in [1.54, 1.807) is 33.6 Å². The molecule has 9 heteroatoms. The number of rotatable bonds is 9. The van der Waals surface area contributed by atoms with Crippen LogP contribution in [0.25, 0.3) is 16.5 Å². The lowest BCUT2D eigenvalue weighted by molar-refractivity contribution is 0.0488. The lowest BCUT2D eigenvalue weighted by atomic mass is 9.90. The first kappa shape index (κ1) is 28.8. The average Bonchev–Trinajstić information content (AvgIpc) is 2.87. The van der Waals surface area contributed by atoms with Crippen molar-refractivity contribution in [2.24, 2.45) is 0 Å². The van der Waals surface area contributed by atoms with Crippen molar-refractivity contribution in [3.8, 4) is 5.75 Å². The molecule has 9 nitrogen and oxygen atoms in total. The summed E-state index contributed by atoms with van der Waals surface area (Å²) in [5, 5.41) is 7.29. The van der Waals surface area contributed by atoms with E-state index in [1.165, 1.54) is 0 Å². The van der Waals surface area contributed by atoms with Gasteiger partial charge in [0.25, 0.3) is 0 Å². The fraction of sp³-hybridized carbons (Fsp3) is 0.483. The number of allylic oxidation sites excluding steroid dienone is 4. The molecule has 2 aromatic rings. The van der Waals surface area contributed by atoms with E-state index >= 15 is 0 Å². The van der Waals surface area contributed by atoms with E-state index in [4.69, 9.17) is 23.9 Å². The average molecular weight is 525 g/mol. The number of carbonyl (C=O) groups is 1. The summed E-state index contributed by atoms with van der Waals surface area (Å²) < 4.78 is 21.8. The molecule has 0 saturated heterocycles. The molecule has 1 aromatic heterocycles. The van der Waals surface area contributed by atoms with Crippen molar-refractivity contribution >= 4 is 28.5 Å². The molecule has 1 fully saturated rings. The molecule has 206 valence electrons. The first-order chi connectivity index (χ1) is 18.0. The van der Waals surface area contributed by atoms with Crippen LogP contribution in [0.3, 0.4) is 0 Å². The van der Waals surface area contributed by atoms with Crippen LogP contribution in [0.4, 0.5) is 10.7 Å². The maximum absolute atomic E-state index is 12.4. The van der Waals surface area contributed by atoms with Crippen LogP contribution < -0.4 is 15.4 Å². The molecular weight excluding hydrogens is 484 g/mol. The van der Waals surface area contributed by atoms with Gasteiger partial charge in [0.05, 0.1) is 38.6 Å². The third kappa shape index (κ3) is 7.87. The van der Waals surface area contributed by atoms with E-state index in [9.17, 15) is 4.79 Å². The number of hydrogen-bond donors (Lipinski definition) is 2. The van der Waals surface area contributed by atoms with Crippen LogP contribution in [0.2, 0.25) is 0 Å².